The Morgan fingerprint density at radius 2 is 2.38 bits per heavy atom. The van der Waals surface area contributed by atoms with E-state index in [0.29, 0.717) is 12.5 Å². The summed E-state index contributed by atoms with van der Waals surface area (Å²) in [6.07, 6.45) is 6.57. The number of nitrogens with one attached hydrogen (secondary N) is 2. The average Bonchev–Trinajstić information content (AvgIpc) is 3.10. The maximum Gasteiger partial charge on any atom is 0.191 e. The zero-order chi connectivity index (χ0) is 15.1. The standard InChI is InChI=1S/C15H27N5S/c1-12(2)11-20-7-6-17-14(20)10-19-15(16-3)18-9-13-5-4-8-21-13/h6-7,12-13H,4-5,8-11H2,1-3H3,(H2,16,18,19). The van der Waals surface area contributed by atoms with Gasteiger partial charge in [0.05, 0.1) is 6.54 Å². The van der Waals surface area contributed by atoms with Crippen LogP contribution in [0.4, 0.5) is 0 Å². The van der Waals surface area contributed by atoms with Crippen molar-refractivity contribution in [2.45, 2.75) is 45.0 Å². The SMILES string of the molecule is CN=C(NCc1nccn1CC(C)C)NCC1CCCS1. The van der Waals surface area contributed by atoms with Crippen molar-refractivity contribution < 1.29 is 0 Å². The number of aliphatic imine (C=N–C) groups is 1. The number of thioether (sulfide) groups is 1. The van der Waals surface area contributed by atoms with Gasteiger partial charge in [-0.1, -0.05) is 13.8 Å². The van der Waals surface area contributed by atoms with Crippen molar-refractivity contribution in [1.29, 1.82) is 0 Å². The Morgan fingerprint density at radius 3 is 3.05 bits per heavy atom. The first-order valence-corrected chi connectivity index (χ1v) is 8.80. The minimum atomic E-state index is 0.620. The van der Waals surface area contributed by atoms with Crippen LogP contribution in [0.25, 0.3) is 0 Å². The summed E-state index contributed by atoms with van der Waals surface area (Å²) in [6.45, 7) is 7.14. The van der Waals surface area contributed by atoms with E-state index in [0.717, 1.165) is 30.1 Å². The Bertz CT molecular complexity index is 449. The predicted molar refractivity (Wildman–Crippen MR) is 90.7 cm³/mol. The smallest absolute Gasteiger partial charge is 0.191 e. The highest BCUT2D eigenvalue weighted by Crippen LogP contribution is 2.25. The van der Waals surface area contributed by atoms with Gasteiger partial charge < -0.3 is 15.2 Å². The molecule has 0 saturated carbocycles. The van der Waals surface area contributed by atoms with E-state index >= 15 is 0 Å². The number of guanidine groups is 1. The van der Waals surface area contributed by atoms with Crippen LogP contribution in [0, 0.1) is 5.92 Å². The molecule has 118 valence electrons. The van der Waals surface area contributed by atoms with E-state index < -0.39 is 0 Å². The van der Waals surface area contributed by atoms with Gasteiger partial charge in [0, 0.05) is 37.8 Å². The summed E-state index contributed by atoms with van der Waals surface area (Å²) >= 11 is 2.06. The summed E-state index contributed by atoms with van der Waals surface area (Å²) in [5, 5.41) is 7.50. The fourth-order valence-electron chi connectivity index (χ4n) is 2.47. The van der Waals surface area contributed by atoms with Gasteiger partial charge in [0.1, 0.15) is 5.82 Å². The summed E-state index contributed by atoms with van der Waals surface area (Å²) in [6, 6.07) is 0. The van der Waals surface area contributed by atoms with Crippen LogP contribution in [0.1, 0.15) is 32.5 Å². The van der Waals surface area contributed by atoms with Crippen LogP contribution in [-0.4, -0.2) is 40.1 Å². The predicted octanol–water partition coefficient (Wildman–Crippen LogP) is 2.10. The quantitative estimate of drug-likeness (QED) is 0.624. The minimum Gasteiger partial charge on any atom is -0.355 e. The van der Waals surface area contributed by atoms with E-state index in [1.54, 1.807) is 0 Å². The Balaban J connectivity index is 1.78. The van der Waals surface area contributed by atoms with Gasteiger partial charge in [-0.3, -0.25) is 4.99 Å². The van der Waals surface area contributed by atoms with Crippen LogP contribution in [0.3, 0.4) is 0 Å². The first-order valence-electron chi connectivity index (χ1n) is 7.75. The van der Waals surface area contributed by atoms with Crippen LogP contribution < -0.4 is 10.6 Å². The molecule has 0 bridgehead atoms. The van der Waals surface area contributed by atoms with Gasteiger partial charge in [-0.05, 0) is 24.5 Å². The van der Waals surface area contributed by atoms with Crippen molar-refractivity contribution in [2.75, 3.05) is 19.3 Å². The van der Waals surface area contributed by atoms with Crippen LogP contribution in [-0.2, 0) is 13.1 Å². The Kier molecular flexibility index (Phi) is 6.42. The molecule has 5 nitrogen and oxygen atoms in total. The summed E-state index contributed by atoms with van der Waals surface area (Å²) in [4.78, 5) is 8.71. The van der Waals surface area contributed by atoms with E-state index in [4.69, 9.17) is 0 Å². The number of rotatable bonds is 6. The van der Waals surface area contributed by atoms with Crippen molar-refractivity contribution in [2.24, 2.45) is 10.9 Å². The summed E-state index contributed by atoms with van der Waals surface area (Å²) < 4.78 is 2.21. The molecule has 0 aromatic carbocycles. The van der Waals surface area contributed by atoms with E-state index in [9.17, 15) is 0 Å². The van der Waals surface area contributed by atoms with E-state index in [2.05, 4.69) is 50.8 Å². The number of aromatic nitrogens is 2. The van der Waals surface area contributed by atoms with Gasteiger partial charge in [-0.2, -0.15) is 11.8 Å². The molecule has 2 heterocycles. The third-order valence-electron chi connectivity index (χ3n) is 3.52. The maximum atomic E-state index is 4.43. The van der Waals surface area contributed by atoms with Gasteiger partial charge in [0.15, 0.2) is 5.96 Å². The summed E-state index contributed by atoms with van der Waals surface area (Å²) in [7, 11) is 1.82. The molecule has 0 amide bonds. The van der Waals surface area contributed by atoms with Crippen LogP contribution in [0.15, 0.2) is 17.4 Å². The molecule has 1 aromatic heterocycles. The minimum absolute atomic E-state index is 0.620. The van der Waals surface area contributed by atoms with Gasteiger partial charge in [-0.15, -0.1) is 0 Å². The molecule has 2 N–H and O–H groups in total. The molecule has 21 heavy (non-hydrogen) atoms. The Hall–Kier alpha value is -1.17. The second-order valence-corrected chi connectivity index (χ2v) is 7.24. The number of imidazole rings is 1. The zero-order valence-corrected chi connectivity index (χ0v) is 14.1. The molecule has 2 rings (SSSR count). The number of hydrogen-bond acceptors (Lipinski definition) is 3. The molecule has 1 fully saturated rings. The third kappa shape index (κ3) is 5.26. The Morgan fingerprint density at radius 1 is 1.52 bits per heavy atom. The molecule has 0 spiro atoms. The fourth-order valence-corrected chi connectivity index (χ4v) is 3.67. The van der Waals surface area contributed by atoms with Gasteiger partial charge >= 0.3 is 0 Å². The van der Waals surface area contributed by atoms with Gasteiger partial charge in [0.2, 0.25) is 0 Å². The molecule has 1 saturated heterocycles. The van der Waals surface area contributed by atoms with Crippen molar-refractivity contribution >= 4 is 17.7 Å². The molecule has 0 aliphatic carbocycles. The zero-order valence-electron chi connectivity index (χ0n) is 13.3. The molecule has 1 aliphatic rings. The van der Waals surface area contributed by atoms with E-state index in [1.807, 2.05) is 19.4 Å². The topological polar surface area (TPSA) is 54.2 Å². The number of nitrogens with zero attached hydrogens (tertiary/aromatic N) is 3. The molecule has 1 aromatic rings. The molecule has 1 unspecified atom stereocenters. The number of hydrogen-bond donors (Lipinski definition) is 2. The monoisotopic (exact) mass is 309 g/mol. The molecule has 6 heteroatoms. The third-order valence-corrected chi connectivity index (χ3v) is 4.92. The highest BCUT2D eigenvalue weighted by Gasteiger charge is 2.15. The van der Waals surface area contributed by atoms with Crippen molar-refractivity contribution in [3.05, 3.63) is 18.2 Å². The highest BCUT2D eigenvalue weighted by atomic mass is 32.2. The normalized spacial score (nSPS) is 19.2. The lowest BCUT2D eigenvalue weighted by molar-refractivity contribution is 0.503. The molecule has 1 atom stereocenters. The lowest BCUT2D eigenvalue weighted by Gasteiger charge is -2.15. The molecular weight excluding hydrogens is 282 g/mol. The second kappa shape index (κ2) is 8.32. The second-order valence-electron chi connectivity index (χ2n) is 5.83. The van der Waals surface area contributed by atoms with E-state index in [1.165, 1.54) is 18.6 Å². The molecule has 1 aliphatic heterocycles. The first kappa shape index (κ1) is 16.2. The van der Waals surface area contributed by atoms with Crippen LogP contribution in [0.2, 0.25) is 0 Å². The lowest BCUT2D eigenvalue weighted by atomic mass is 10.2. The molecule has 0 radical (unpaired) electrons. The van der Waals surface area contributed by atoms with E-state index in [-0.39, 0.29) is 0 Å². The van der Waals surface area contributed by atoms with Gasteiger partial charge in [-0.25, -0.2) is 4.98 Å². The fraction of sp³-hybridized carbons (Fsp3) is 0.733. The highest BCUT2D eigenvalue weighted by molar-refractivity contribution is 8.00. The maximum absolute atomic E-state index is 4.43. The summed E-state index contributed by atoms with van der Waals surface area (Å²) in [5.74, 6) is 3.84. The van der Waals surface area contributed by atoms with Gasteiger partial charge in [0.25, 0.3) is 0 Å². The van der Waals surface area contributed by atoms with Crippen molar-refractivity contribution in [3.63, 3.8) is 0 Å². The Labute approximate surface area is 132 Å². The average molecular weight is 309 g/mol. The van der Waals surface area contributed by atoms with Crippen molar-refractivity contribution in [1.82, 2.24) is 20.2 Å². The van der Waals surface area contributed by atoms with Crippen LogP contribution >= 0.6 is 11.8 Å². The van der Waals surface area contributed by atoms with Crippen LogP contribution in [0.5, 0.6) is 0 Å². The molecular formula is C15H27N5S. The first-order chi connectivity index (χ1) is 10.2. The van der Waals surface area contributed by atoms with Crippen molar-refractivity contribution in [3.8, 4) is 0 Å². The summed E-state index contributed by atoms with van der Waals surface area (Å²) in [5.41, 5.74) is 0. The lowest BCUT2D eigenvalue weighted by Crippen LogP contribution is -2.40. The largest absolute Gasteiger partial charge is 0.355 e.